The van der Waals surface area contributed by atoms with Crippen molar-refractivity contribution in [2.75, 3.05) is 20.8 Å². The molecule has 0 atom stereocenters. The summed E-state index contributed by atoms with van der Waals surface area (Å²) in [4.78, 5) is 37.8. The smallest absolute Gasteiger partial charge is 0.306 e. The lowest BCUT2D eigenvalue weighted by Gasteiger charge is -2.14. The van der Waals surface area contributed by atoms with E-state index in [0.29, 0.717) is 34.6 Å². The minimum Gasteiger partial charge on any atom is -0.497 e. The fraction of sp³-hybridized carbons (Fsp3) is 0.286. The summed E-state index contributed by atoms with van der Waals surface area (Å²) >= 11 is 0. The molecule has 1 heterocycles. The fourth-order valence-electron chi connectivity index (χ4n) is 3.05. The van der Waals surface area contributed by atoms with E-state index >= 15 is 0 Å². The number of hydrogen-bond acceptors (Lipinski definition) is 6. The number of methoxy groups -OCH3 is 2. The van der Waals surface area contributed by atoms with Gasteiger partial charge >= 0.3 is 5.97 Å². The topological polar surface area (TPSA) is 82.1 Å². The molecule has 0 bridgehead atoms. The van der Waals surface area contributed by atoms with Crippen LogP contribution < -0.4 is 9.47 Å². The van der Waals surface area contributed by atoms with Crippen LogP contribution in [0.25, 0.3) is 0 Å². The van der Waals surface area contributed by atoms with Gasteiger partial charge in [-0.05, 0) is 36.8 Å². The Morgan fingerprint density at radius 2 is 1.64 bits per heavy atom. The average Bonchev–Trinajstić information content (AvgIpc) is 2.97. The number of rotatable bonds is 8. The van der Waals surface area contributed by atoms with Crippen LogP contribution in [0.1, 0.15) is 39.1 Å². The maximum absolute atomic E-state index is 12.3. The third-order valence-corrected chi connectivity index (χ3v) is 4.52. The monoisotopic (exact) mass is 383 g/mol. The Labute approximate surface area is 162 Å². The van der Waals surface area contributed by atoms with E-state index < -0.39 is 5.97 Å². The SMILES string of the molecule is COc1ccc(OC)c(COC(=O)CCCN2C(=O)c3ccccc3C2=O)c1. The fourth-order valence-corrected chi connectivity index (χ4v) is 3.05. The van der Waals surface area contributed by atoms with E-state index in [1.807, 2.05) is 0 Å². The normalized spacial score (nSPS) is 12.7. The zero-order valence-corrected chi connectivity index (χ0v) is 15.8. The highest BCUT2D eigenvalue weighted by molar-refractivity contribution is 6.21. The highest BCUT2D eigenvalue weighted by Gasteiger charge is 2.34. The van der Waals surface area contributed by atoms with E-state index in [1.165, 1.54) is 12.0 Å². The number of imide groups is 1. The molecule has 0 radical (unpaired) electrons. The molecule has 0 spiro atoms. The molecule has 2 aromatic rings. The second-order valence-electron chi connectivity index (χ2n) is 6.25. The number of benzene rings is 2. The highest BCUT2D eigenvalue weighted by Crippen LogP contribution is 2.25. The largest absolute Gasteiger partial charge is 0.497 e. The molecule has 0 N–H and O–H groups in total. The summed E-state index contributed by atoms with van der Waals surface area (Å²) in [6, 6.07) is 11.9. The molecule has 28 heavy (non-hydrogen) atoms. The van der Waals surface area contributed by atoms with Gasteiger partial charge in [-0.25, -0.2) is 0 Å². The van der Waals surface area contributed by atoms with Gasteiger partial charge in [0.25, 0.3) is 11.8 Å². The van der Waals surface area contributed by atoms with Crippen molar-refractivity contribution in [2.24, 2.45) is 0 Å². The molecular formula is C21H21NO6. The van der Waals surface area contributed by atoms with Gasteiger partial charge in [0.05, 0.1) is 25.3 Å². The Morgan fingerprint density at radius 1 is 0.964 bits per heavy atom. The lowest BCUT2D eigenvalue weighted by Crippen LogP contribution is -2.31. The van der Waals surface area contributed by atoms with Crippen molar-refractivity contribution in [2.45, 2.75) is 19.4 Å². The van der Waals surface area contributed by atoms with Crippen molar-refractivity contribution >= 4 is 17.8 Å². The predicted molar refractivity (Wildman–Crippen MR) is 100 cm³/mol. The summed E-state index contributed by atoms with van der Waals surface area (Å²) in [5.74, 6) is 0.170. The molecule has 7 nitrogen and oxygen atoms in total. The van der Waals surface area contributed by atoms with Crippen molar-refractivity contribution in [1.82, 2.24) is 4.90 Å². The molecule has 3 rings (SSSR count). The number of fused-ring (bicyclic) bond motifs is 1. The number of ether oxygens (including phenoxy) is 3. The first-order valence-corrected chi connectivity index (χ1v) is 8.87. The first-order valence-electron chi connectivity index (χ1n) is 8.87. The van der Waals surface area contributed by atoms with Crippen molar-refractivity contribution < 1.29 is 28.6 Å². The number of hydrogen-bond donors (Lipinski definition) is 0. The molecule has 1 aliphatic rings. The van der Waals surface area contributed by atoms with Gasteiger partial charge in [-0.2, -0.15) is 0 Å². The van der Waals surface area contributed by atoms with Crippen LogP contribution in [0.3, 0.4) is 0 Å². The van der Waals surface area contributed by atoms with Crippen LogP contribution in [-0.4, -0.2) is 43.4 Å². The second-order valence-corrected chi connectivity index (χ2v) is 6.25. The van der Waals surface area contributed by atoms with Gasteiger partial charge in [0, 0.05) is 18.5 Å². The Bertz CT molecular complexity index is 873. The van der Waals surface area contributed by atoms with Crippen molar-refractivity contribution in [1.29, 1.82) is 0 Å². The molecule has 0 saturated carbocycles. The van der Waals surface area contributed by atoms with Crippen LogP contribution in [0.4, 0.5) is 0 Å². The number of amides is 2. The third kappa shape index (κ3) is 3.98. The van der Waals surface area contributed by atoms with Gasteiger partial charge in [0.1, 0.15) is 18.1 Å². The van der Waals surface area contributed by atoms with Crippen molar-refractivity contribution in [3.63, 3.8) is 0 Å². The number of esters is 1. The standard InChI is InChI=1S/C21H21NO6/c1-26-15-9-10-18(27-2)14(12-15)13-28-19(23)8-5-11-22-20(24)16-6-3-4-7-17(16)21(22)25/h3-4,6-7,9-10,12H,5,8,11,13H2,1-2H3. The van der Waals surface area contributed by atoms with Gasteiger partial charge in [-0.1, -0.05) is 12.1 Å². The molecule has 0 saturated heterocycles. The van der Waals surface area contributed by atoms with Gasteiger partial charge in [-0.3, -0.25) is 19.3 Å². The molecule has 146 valence electrons. The predicted octanol–water partition coefficient (Wildman–Crippen LogP) is 2.82. The summed E-state index contributed by atoms with van der Waals surface area (Å²) in [5.41, 5.74) is 1.50. The van der Waals surface area contributed by atoms with E-state index in [2.05, 4.69) is 0 Å². The number of carbonyl (C=O) groups is 3. The summed E-state index contributed by atoms with van der Waals surface area (Å²) in [6.07, 6.45) is 0.430. The van der Waals surface area contributed by atoms with Gasteiger partial charge in [0.15, 0.2) is 0 Å². The van der Waals surface area contributed by atoms with E-state index in [-0.39, 0.29) is 31.4 Å². The van der Waals surface area contributed by atoms with Gasteiger partial charge in [0.2, 0.25) is 0 Å². The molecule has 0 aromatic heterocycles. The molecule has 2 aromatic carbocycles. The third-order valence-electron chi connectivity index (χ3n) is 4.52. The van der Waals surface area contributed by atoms with E-state index in [4.69, 9.17) is 14.2 Å². The minimum atomic E-state index is -0.415. The van der Waals surface area contributed by atoms with E-state index in [1.54, 1.807) is 49.6 Å². The number of carbonyl (C=O) groups excluding carboxylic acids is 3. The summed E-state index contributed by atoms with van der Waals surface area (Å²) < 4.78 is 15.7. The molecular weight excluding hydrogens is 362 g/mol. The number of nitrogens with zero attached hydrogens (tertiary/aromatic N) is 1. The van der Waals surface area contributed by atoms with Gasteiger partial charge < -0.3 is 14.2 Å². The lowest BCUT2D eigenvalue weighted by molar-refractivity contribution is -0.145. The molecule has 2 amide bonds. The Kier molecular flexibility index (Phi) is 5.93. The van der Waals surface area contributed by atoms with Crippen molar-refractivity contribution in [3.8, 4) is 11.5 Å². The van der Waals surface area contributed by atoms with Crippen LogP contribution in [0.2, 0.25) is 0 Å². The first kappa shape index (κ1) is 19.4. The molecule has 0 aliphatic carbocycles. The molecule has 0 fully saturated rings. The minimum absolute atomic E-state index is 0.0478. The van der Waals surface area contributed by atoms with Crippen LogP contribution in [0, 0.1) is 0 Å². The second kappa shape index (κ2) is 8.56. The molecule has 0 unspecified atom stereocenters. The van der Waals surface area contributed by atoms with Crippen LogP contribution in [0.15, 0.2) is 42.5 Å². The molecule has 7 heteroatoms. The van der Waals surface area contributed by atoms with Crippen molar-refractivity contribution in [3.05, 3.63) is 59.2 Å². The summed E-state index contributed by atoms with van der Waals surface area (Å²) in [6.45, 7) is 0.218. The summed E-state index contributed by atoms with van der Waals surface area (Å²) in [5, 5.41) is 0. The Morgan fingerprint density at radius 3 is 2.25 bits per heavy atom. The maximum Gasteiger partial charge on any atom is 0.306 e. The maximum atomic E-state index is 12.3. The van der Waals surface area contributed by atoms with Crippen LogP contribution >= 0.6 is 0 Å². The molecule has 1 aliphatic heterocycles. The zero-order valence-electron chi connectivity index (χ0n) is 15.8. The quantitative estimate of drug-likeness (QED) is 0.515. The highest BCUT2D eigenvalue weighted by atomic mass is 16.5. The first-order chi connectivity index (χ1) is 13.5. The zero-order chi connectivity index (χ0) is 20.1. The average molecular weight is 383 g/mol. The van der Waals surface area contributed by atoms with Crippen LogP contribution in [-0.2, 0) is 16.1 Å². The summed E-state index contributed by atoms with van der Waals surface area (Å²) in [7, 11) is 3.09. The Balaban J connectivity index is 1.50. The Hall–Kier alpha value is -3.35. The van der Waals surface area contributed by atoms with E-state index in [0.717, 1.165) is 0 Å². The van der Waals surface area contributed by atoms with Gasteiger partial charge in [-0.15, -0.1) is 0 Å². The lowest BCUT2D eigenvalue weighted by atomic mass is 10.1. The van der Waals surface area contributed by atoms with Crippen LogP contribution in [0.5, 0.6) is 11.5 Å². The van der Waals surface area contributed by atoms with E-state index in [9.17, 15) is 14.4 Å².